The lowest BCUT2D eigenvalue weighted by atomic mass is 10.1. The number of pyridine rings is 1. The lowest BCUT2D eigenvalue weighted by molar-refractivity contribution is 0.102. The monoisotopic (exact) mass is 528 g/mol. The van der Waals surface area contributed by atoms with Gasteiger partial charge in [-0.25, -0.2) is 18.4 Å². The first-order valence-electron chi connectivity index (χ1n) is 10.3. The fourth-order valence-electron chi connectivity index (χ4n) is 3.39. The number of hydrogen-bond donors (Lipinski definition) is 2. The van der Waals surface area contributed by atoms with E-state index in [1.807, 2.05) is 30.3 Å². The number of aryl methyl sites for hydroxylation is 2. The molecule has 2 N–H and O–H groups in total. The van der Waals surface area contributed by atoms with Gasteiger partial charge in [0, 0.05) is 16.0 Å². The summed E-state index contributed by atoms with van der Waals surface area (Å²) >= 11 is 7.40. The van der Waals surface area contributed by atoms with Gasteiger partial charge in [-0.3, -0.25) is 9.52 Å². The third-order valence-electron chi connectivity index (χ3n) is 5.05. The van der Waals surface area contributed by atoms with Crippen LogP contribution in [0.4, 0.5) is 11.4 Å². The highest BCUT2D eigenvalue weighted by Crippen LogP contribution is 2.31. The number of carbonyl (C=O) groups is 1. The van der Waals surface area contributed by atoms with Gasteiger partial charge >= 0.3 is 0 Å². The summed E-state index contributed by atoms with van der Waals surface area (Å²) in [6.45, 7) is 3.50. The number of nitrogens with one attached hydrogen (secondary N) is 2. The summed E-state index contributed by atoms with van der Waals surface area (Å²) in [5, 5.41) is 5.50. The van der Waals surface area contributed by atoms with Gasteiger partial charge in [0.25, 0.3) is 15.9 Å². The molecule has 0 bridgehead atoms. The molecular weight excluding hydrogens is 508 g/mol. The molecule has 0 aliphatic carbocycles. The third-order valence-corrected chi connectivity index (χ3v) is 7.50. The molecule has 0 aliphatic rings. The standard InChI is InChI=1S/C24H21ClN4O4S2/c1-14-9-17(25)10-15(2)21(14)29-35(31,32)20-11-18(12-26-23(20)33-3)27-22(30)19-13-34-24(28-19)16-7-5-4-6-8-16/h4-13,29H,1-3H3,(H,27,30). The Morgan fingerprint density at radius 3 is 2.43 bits per heavy atom. The quantitative estimate of drug-likeness (QED) is 0.326. The molecule has 0 atom stereocenters. The molecule has 2 heterocycles. The normalized spacial score (nSPS) is 11.2. The van der Waals surface area contributed by atoms with Crippen molar-refractivity contribution < 1.29 is 17.9 Å². The minimum Gasteiger partial charge on any atom is -0.480 e. The van der Waals surface area contributed by atoms with Crippen LogP contribution in [0.2, 0.25) is 5.02 Å². The molecule has 35 heavy (non-hydrogen) atoms. The minimum absolute atomic E-state index is 0.111. The molecule has 0 aliphatic heterocycles. The van der Waals surface area contributed by atoms with Crippen molar-refractivity contribution in [3.8, 4) is 16.5 Å². The van der Waals surface area contributed by atoms with E-state index in [2.05, 4.69) is 20.0 Å². The van der Waals surface area contributed by atoms with Crippen LogP contribution in [0.15, 0.2) is 65.0 Å². The maximum absolute atomic E-state index is 13.3. The van der Waals surface area contributed by atoms with E-state index < -0.39 is 15.9 Å². The molecule has 1 amide bonds. The molecule has 0 spiro atoms. The lowest BCUT2D eigenvalue weighted by Crippen LogP contribution is -2.18. The Balaban J connectivity index is 1.61. The average Bonchev–Trinajstić information content (AvgIpc) is 3.33. The van der Waals surface area contributed by atoms with Crippen LogP contribution < -0.4 is 14.8 Å². The van der Waals surface area contributed by atoms with Gasteiger partial charge in [0.05, 0.1) is 24.7 Å². The van der Waals surface area contributed by atoms with Gasteiger partial charge in [-0.05, 0) is 43.2 Å². The summed E-state index contributed by atoms with van der Waals surface area (Å²) in [6, 6.07) is 14.1. The number of carbonyl (C=O) groups excluding carboxylic acids is 1. The highest BCUT2D eigenvalue weighted by Gasteiger charge is 2.24. The Kier molecular flexibility index (Phi) is 7.06. The summed E-state index contributed by atoms with van der Waals surface area (Å²) in [7, 11) is -2.80. The Morgan fingerprint density at radius 1 is 1.09 bits per heavy atom. The number of benzene rings is 2. The largest absolute Gasteiger partial charge is 0.480 e. The zero-order valence-corrected chi connectivity index (χ0v) is 21.4. The molecule has 0 saturated heterocycles. The SMILES string of the molecule is COc1ncc(NC(=O)c2csc(-c3ccccc3)n2)cc1S(=O)(=O)Nc1c(C)cc(Cl)cc1C. The molecule has 4 aromatic rings. The van der Waals surface area contributed by atoms with Crippen LogP contribution in [0.25, 0.3) is 10.6 Å². The highest BCUT2D eigenvalue weighted by atomic mass is 35.5. The Morgan fingerprint density at radius 2 is 1.77 bits per heavy atom. The van der Waals surface area contributed by atoms with Crippen LogP contribution in [-0.2, 0) is 10.0 Å². The zero-order chi connectivity index (χ0) is 25.2. The number of thiazole rings is 1. The molecule has 180 valence electrons. The van der Waals surface area contributed by atoms with Gasteiger partial charge in [-0.1, -0.05) is 41.9 Å². The van der Waals surface area contributed by atoms with Gasteiger partial charge in [0.1, 0.15) is 10.7 Å². The van der Waals surface area contributed by atoms with Crippen molar-refractivity contribution in [2.75, 3.05) is 17.1 Å². The fraction of sp³-hybridized carbons (Fsp3) is 0.125. The number of sulfonamides is 1. The minimum atomic E-state index is -4.11. The van der Waals surface area contributed by atoms with E-state index in [-0.39, 0.29) is 22.2 Å². The number of anilines is 2. The third kappa shape index (κ3) is 5.45. The van der Waals surface area contributed by atoms with Crippen LogP contribution in [-0.4, -0.2) is 31.4 Å². The molecule has 8 nitrogen and oxygen atoms in total. The van der Waals surface area contributed by atoms with Crippen LogP contribution in [0.3, 0.4) is 0 Å². The smallest absolute Gasteiger partial charge is 0.275 e. The maximum atomic E-state index is 13.3. The second kappa shape index (κ2) is 10.0. The number of ether oxygens (including phenoxy) is 1. The van der Waals surface area contributed by atoms with Crippen molar-refractivity contribution >= 4 is 50.2 Å². The van der Waals surface area contributed by atoms with Crippen molar-refractivity contribution in [2.45, 2.75) is 18.7 Å². The van der Waals surface area contributed by atoms with Crippen molar-refractivity contribution in [3.63, 3.8) is 0 Å². The molecule has 2 aromatic heterocycles. The fourth-order valence-corrected chi connectivity index (χ4v) is 5.88. The molecular formula is C24H21ClN4O4S2. The zero-order valence-electron chi connectivity index (χ0n) is 19.0. The summed E-state index contributed by atoms with van der Waals surface area (Å²) in [5.41, 5.74) is 3.01. The average molecular weight is 529 g/mol. The van der Waals surface area contributed by atoms with Crippen molar-refractivity contribution in [1.29, 1.82) is 0 Å². The number of rotatable bonds is 7. The molecule has 11 heteroatoms. The predicted molar refractivity (Wildman–Crippen MR) is 138 cm³/mol. The van der Waals surface area contributed by atoms with Crippen LogP contribution in [0.1, 0.15) is 21.6 Å². The van der Waals surface area contributed by atoms with Gasteiger partial charge in [0.2, 0.25) is 5.88 Å². The Bertz CT molecular complexity index is 1480. The van der Waals surface area contributed by atoms with Crippen molar-refractivity contribution in [3.05, 3.63) is 82.0 Å². The van der Waals surface area contributed by atoms with Gasteiger partial charge in [0.15, 0.2) is 4.90 Å². The van der Waals surface area contributed by atoms with Gasteiger partial charge in [-0.2, -0.15) is 0 Å². The summed E-state index contributed by atoms with van der Waals surface area (Å²) in [5.74, 6) is -0.601. The number of aromatic nitrogens is 2. The van der Waals surface area contributed by atoms with E-state index in [1.165, 1.54) is 30.7 Å². The van der Waals surface area contributed by atoms with Gasteiger partial charge in [-0.15, -0.1) is 11.3 Å². The van der Waals surface area contributed by atoms with Crippen LogP contribution in [0, 0.1) is 13.8 Å². The first kappa shape index (κ1) is 24.6. The topological polar surface area (TPSA) is 110 Å². The van der Waals surface area contributed by atoms with E-state index in [1.54, 1.807) is 31.4 Å². The Hall–Kier alpha value is -3.47. The number of nitrogens with zero attached hydrogens (tertiary/aromatic N) is 2. The molecule has 0 radical (unpaired) electrons. The highest BCUT2D eigenvalue weighted by molar-refractivity contribution is 7.92. The Labute approximate surface area is 212 Å². The first-order chi connectivity index (χ1) is 16.7. The summed E-state index contributed by atoms with van der Waals surface area (Å²) < 4.78 is 34.3. The number of hydrogen-bond acceptors (Lipinski definition) is 7. The van der Waals surface area contributed by atoms with E-state index in [9.17, 15) is 13.2 Å². The van der Waals surface area contributed by atoms with E-state index in [0.717, 1.165) is 5.56 Å². The van der Waals surface area contributed by atoms with Crippen molar-refractivity contribution in [1.82, 2.24) is 9.97 Å². The lowest BCUT2D eigenvalue weighted by Gasteiger charge is -2.16. The van der Waals surface area contributed by atoms with E-state index in [0.29, 0.717) is 26.8 Å². The van der Waals surface area contributed by atoms with Crippen molar-refractivity contribution in [2.24, 2.45) is 0 Å². The van der Waals surface area contributed by atoms with E-state index in [4.69, 9.17) is 16.3 Å². The second-order valence-electron chi connectivity index (χ2n) is 7.61. The molecule has 0 fully saturated rings. The van der Waals surface area contributed by atoms with Crippen LogP contribution >= 0.6 is 22.9 Å². The number of halogens is 1. The second-order valence-corrected chi connectivity index (χ2v) is 10.6. The van der Waals surface area contributed by atoms with Crippen LogP contribution in [0.5, 0.6) is 5.88 Å². The first-order valence-corrected chi connectivity index (χ1v) is 13.1. The molecule has 2 aromatic carbocycles. The number of amides is 1. The summed E-state index contributed by atoms with van der Waals surface area (Å²) in [6.07, 6.45) is 1.32. The number of methoxy groups -OCH3 is 1. The van der Waals surface area contributed by atoms with E-state index >= 15 is 0 Å². The van der Waals surface area contributed by atoms with Gasteiger partial charge < -0.3 is 10.1 Å². The molecule has 4 rings (SSSR count). The maximum Gasteiger partial charge on any atom is 0.275 e. The summed E-state index contributed by atoms with van der Waals surface area (Å²) in [4.78, 5) is 21.0. The molecule has 0 unspecified atom stereocenters. The predicted octanol–water partition coefficient (Wildman–Crippen LogP) is 5.54. The molecule has 0 saturated carbocycles.